The van der Waals surface area contributed by atoms with E-state index in [0.29, 0.717) is 6.54 Å². The largest absolute Gasteiger partial charge is 0.347 e. The van der Waals surface area contributed by atoms with Gasteiger partial charge in [-0.3, -0.25) is 9.48 Å². The molecule has 6 heteroatoms. The van der Waals surface area contributed by atoms with Gasteiger partial charge in [0.1, 0.15) is 4.88 Å². The van der Waals surface area contributed by atoms with E-state index in [-0.39, 0.29) is 5.91 Å². The molecule has 1 aliphatic rings. The van der Waals surface area contributed by atoms with Crippen molar-refractivity contribution < 1.29 is 4.79 Å². The van der Waals surface area contributed by atoms with Gasteiger partial charge in [0.2, 0.25) is 0 Å². The number of nitrogens with one attached hydrogen (secondary N) is 1. The molecule has 1 aromatic carbocycles. The standard InChI is InChI=1S/C20H22N4OS/c1-13-19(26-18(23-13)11-14-3-4-14)20(25)21-12-15-5-7-16(8-6-15)17-9-10-22-24(17)2/h5-10,14H,3-4,11-12H2,1-2H3,(H,21,25). The van der Waals surface area contributed by atoms with Gasteiger partial charge in [-0.2, -0.15) is 5.10 Å². The van der Waals surface area contributed by atoms with Crippen LogP contribution in [-0.4, -0.2) is 20.7 Å². The lowest BCUT2D eigenvalue weighted by atomic mass is 10.1. The van der Waals surface area contributed by atoms with Crippen LogP contribution in [0, 0.1) is 12.8 Å². The molecule has 0 unspecified atom stereocenters. The van der Waals surface area contributed by atoms with Crippen LogP contribution in [0.15, 0.2) is 36.5 Å². The van der Waals surface area contributed by atoms with E-state index in [1.165, 1.54) is 12.8 Å². The summed E-state index contributed by atoms with van der Waals surface area (Å²) in [6.07, 6.45) is 5.41. The van der Waals surface area contributed by atoms with Crippen molar-refractivity contribution in [3.05, 3.63) is 57.7 Å². The Morgan fingerprint density at radius 1 is 1.27 bits per heavy atom. The summed E-state index contributed by atoms with van der Waals surface area (Å²) in [5, 5.41) is 8.31. The van der Waals surface area contributed by atoms with Crippen molar-refractivity contribution >= 4 is 17.2 Å². The fourth-order valence-electron chi connectivity index (χ4n) is 3.03. The molecule has 1 aliphatic carbocycles. The number of hydrogen-bond acceptors (Lipinski definition) is 4. The smallest absolute Gasteiger partial charge is 0.263 e. The molecule has 0 saturated heterocycles. The number of rotatable bonds is 6. The summed E-state index contributed by atoms with van der Waals surface area (Å²) in [7, 11) is 1.93. The molecule has 0 aliphatic heterocycles. The highest BCUT2D eigenvalue weighted by atomic mass is 32.1. The van der Waals surface area contributed by atoms with Gasteiger partial charge >= 0.3 is 0 Å². The van der Waals surface area contributed by atoms with E-state index in [0.717, 1.165) is 44.7 Å². The van der Waals surface area contributed by atoms with Crippen LogP contribution in [0.2, 0.25) is 0 Å². The van der Waals surface area contributed by atoms with Crippen LogP contribution < -0.4 is 5.32 Å². The highest BCUT2D eigenvalue weighted by Gasteiger charge is 2.24. The van der Waals surface area contributed by atoms with Gasteiger partial charge in [0.25, 0.3) is 5.91 Å². The highest BCUT2D eigenvalue weighted by Crippen LogP contribution is 2.34. The van der Waals surface area contributed by atoms with Crippen molar-refractivity contribution in [2.24, 2.45) is 13.0 Å². The normalized spacial score (nSPS) is 13.8. The topological polar surface area (TPSA) is 59.8 Å². The summed E-state index contributed by atoms with van der Waals surface area (Å²) in [5.41, 5.74) is 4.10. The lowest BCUT2D eigenvalue weighted by Gasteiger charge is -2.06. The third-order valence-corrected chi connectivity index (χ3v) is 5.91. The van der Waals surface area contributed by atoms with Gasteiger partial charge in [0, 0.05) is 26.2 Å². The van der Waals surface area contributed by atoms with Gasteiger partial charge in [-0.25, -0.2) is 4.98 Å². The molecule has 0 bridgehead atoms. The summed E-state index contributed by atoms with van der Waals surface area (Å²) >= 11 is 1.54. The molecule has 1 amide bonds. The second-order valence-electron chi connectivity index (χ2n) is 6.89. The molecule has 5 nitrogen and oxygen atoms in total. The maximum atomic E-state index is 12.5. The molecular weight excluding hydrogens is 344 g/mol. The number of thiazole rings is 1. The van der Waals surface area contributed by atoms with Crippen LogP contribution in [0.4, 0.5) is 0 Å². The maximum absolute atomic E-state index is 12.5. The molecule has 134 valence electrons. The fourth-order valence-corrected chi connectivity index (χ4v) is 4.13. The van der Waals surface area contributed by atoms with Gasteiger partial charge in [-0.05, 0) is 42.9 Å². The predicted molar refractivity (Wildman–Crippen MR) is 103 cm³/mol. The molecule has 4 rings (SSSR count). The maximum Gasteiger partial charge on any atom is 0.263 e. The first-order valence-electron chi connectivity index (χ1n) is 8.92. The van der Waals surface area contributed by atoms with Gasteiger partial charge in [-0.1, -0.05) is 24.3 Å². The first-order chi connectivity index (χ1) is 12.6. The molecular formula is C20H22N4OS. The van der Waals surface area contributed by atoms with E-state index in [4.69, 9.17) is 0 Å². The highest BCUT2D eigenvalue weighted by molar-refractivity contribution is 7.13. The Balaban J connectivity index is 1.38. The van der Waals surface area contributed by atoms with Crippen LogP contribution >= 0.6 is 11.3 Å². The summed E-state index contributed by atoms with van der Waals surface area (Å²) in [4.78, 5) is 17.8. The zero-order chi connectivity index (χ0) is 18.1. The Kier molecular flexibility index (Phi) is 4.59. The zero-order valence-electron chi connectivity index (χ0n) is 15.0. The average molecular weight is 366 g/mol. The number of carbonyl (C=O) groups is 1. The Labute approximate surface area is 157 Å². The minimum absolute atomic E-state index is 0.0299. The van der Waals surface area contributed by atoms with Crippen molar-refractivity contribution in [3.63, 3.8) is 0 Å². The van der Waals surface area contributed by atoms with Crippen LogP contribution in [-0.2, 0) is 20.0 Å². The summed E-state index contributed by atoms with van der Waals surface area (Å²) < 4.78 is 1.85. The SMILES string of the molecule is Cc1nc(CC2CC2)sc1C(=O)NCc1ccc(-c2ccnn2C)cc1. The number of aromatic nitrogens is 3. The van der Waals surface area contributed by atoms with Gasteiger partial charge < -0.3 is 5.32 Å². The van der Waals surface area contributed by atoms with Crippen molar-refractivity contribution in [2.75, 3.05) is 0 Å². The van der Waals surface area contributed by atoms with Gasteiger partial charge in [0.05, 0.1) is 16.4 Å². The molecule has 2 aromatic heterocycles. The van der Waals surface area contributed by atoms with Crippen LogP contribution in [0.25, 0.3) is 11.3 Å². The van der Waals surface area contributed by atoms with E-state index in [1.54, 1.807) is 17.5 Å². The minimum Gasteiger partial charge on any atom is -0.347 e. The predicted octanol–water partition coefficient (Wildman–Crippen LogP) is 3.73. The van der Waals surface area contributed by atoms with Crippen LogP contribution in [0.1, 0.15) is 38.8 Å². The Bertz CT molecular complexity index is 922. The zero-order valence-corrected chi connectivity index (χ0v) is 15.8. The summed E-state index contributed by atoms with van der Waals surface area (Å²) in [5.74, 6) is 0.757. The van der Waals surface area contributed by atoms with Gasteiger partial charge in [0.15, 0.2) is 0 Å². The molecule has 0 spiro atoms. The summed E-state index contributed by atoms with van der Waals surface area (Å²) in [6, 6.07) is 10.2. The third kappa shape index (κ3) is 3.70. The monoisotopic (exact) mass is 366 g/mol. The number of amides is 1. The first kappa shape index (κ1) is 17.0. The number of nitrogens with zero attached hydrogens (tertiary/aromatic N) is 3. The minimum atomic E-state index is -0.0299. The van der Waals surface area contributed by atoms with E-state index in [9.17, 15) is 4.79 Å². The second kappa shape index (κ2) is 7.03. The fraction of sp³-hybridized carbons (Fsp3) is 0.350. The van der Waals surface area contributed by atoms with Gasteiger partial charge in [-0.15, -0.1) is 11.3 Å². The number of aryl methyl sites for hydroxylation is 2. The molecule has 1 N–H and O–H groups in total. The van der Waals surface area contributed by atoms with E-state index in [2.05, 4.69) is 27.5 Å². The lowest BCUT2D eigenvalue weighted by Crippen LogP contribution is -2.22. The van der Waals surface area contributed by atoms with Crippen molar-refractivity contribution in [2.45, 2.75) is 32.7 Å². The van der Waals surface area contributed by atoms with Crippen LogP contribution in [0.5, 0.6) is 0 Å². The molecule has 3 aromatic rings. The molecule has 2 heterocycles. The number of hydrogen-bond donors (Lipinski definition) is 1. The quantitative estimate of drug-likeness (QED) is 0.723. The molecule has 26 heavy (non-hydrogen) atoms. The van der Waals surface area contributed by atoms with E-state index in [1.807, 2.05) is 36.9 Å². The molecule has 0 atom stereocenters. The summed E-state index contributed by atoms with van der Waals surface area (Å²) in [6.45, 7) is 2.43. The molecule has 1 saturated carbocycles. The number of carbonyl (C=O) groups excluding carboxylic acids is 1. The van der Waals surface area contributed by atoms with Crippen molar-refractivity contribution in [3.8, 4) is 11.3 Å². The second-order valence-corrected chi connectivity index (χ2v) is 7.97. The third-order valence-electron chi connectivity index (χ3n) is 4.73. The van der Waals surface area contributed by atoms with Crippen molar-refractivity contribution in [1.29, 1.82) is 0 Å². The van der Waals surface area contributed by atoms with E-state index >= 15 is 0 Å². The first-order valence-corrected chi connectivity index (χ1v) is 9.73. The Hall–Kier alpha value is -2.47. The molecule has 0 radical (unpaired) electrons. The molecule has 1 fully saturated rings. The Morgan fingerprint density at radius 3 is 2.69 bits per heavy atom. The Morgan fingerprint density at radius 2 is 2.04 bits per heavy atom. The van der Waals surface area contributed by atoms with Crippen LogP contribution in [0.3, 0.4) is 0 Å². The van der Waals surface area contributed by atoms with Crippen molar-refractivity contribution in [1.82, 2.24) is 20.1 Å². The average Bonchev–Trinajstić information content (AvgIpc) is 3.22. The van der Waals surface area contributed by atoms with E-state index < -0.39 is 0 Å². The number of benzene rings is 1. The lowest BCUT2D eigenvalue weighted by molar-refractivity contribution is 0.0954.